The topological polar surface area (TPSA) is 110 Å². The molecule has 0 aliphatic carbocycles. The molecule has 2 aromatic carbocycles. The molecule has 9 nitrogen and oxygen atoms in total. The number of aromatic nitrogens is 4. The Morgan fingerprint density at radius 3 is 2.67 bits per heavy atom. The minimum absolute atomic E-state index is 0.0814. The van der Waals surface area contributed by atoms with Crippen molar-refractivity contribution in [2.45, 2.75) is 6.17 Å². The Morgan fingerprint density at radius 1 is 1.07 bits per heavy atom. The molecule has 0 saturated carbocycles. The van der Waals surface area contributed by atoms with Gasteiger partial charge in [-0.2, -0.15) is 0 Å². The molecular weight excluding hydrogens is 382 g/mol. The zero-order valence-electron chi connectivity index (χ0n) is 16.0. The molecule has 4 aromatic rings. The maximum atomic E-state index is 12.9. The monoisotopic (exact) mass is 399 g/mol. The summed E-state index contributed by atoms with van der Waals surface area (Å²) in [6.45, 7) is 0. The molecule has 9 heteroatoms. The van der Waals surface area contributed by atoms with Crippen molar-refractivity contribution in [1.82, 2.24) is 19.7 Å². The maximum absolute atomic E-state index is 12.9. The van der Waals surface area contributed by atoms with E-state index >= 15 is 0 Å². The molecule has 2 N–H and O–H groups in total. The SMILES string of the molecule is Cn1cnc(-c2nnc(N[C@H]3N=C(c4ccccc4)c4ccccc4NC3=O)o2)c1. The number of carbonyl (C=O) groups is 1. The molecule has 3 heterocycles. The lowest BCUT2D eigenvalue weighted by molar-refractivity contribution is -0.116. The van der Waals surface area contributed by atoms with E-state index in [9.17, 15) is 4.79 Å². The lowest BCUT2D eigenvalue weighted by atomic mass is 10.0. The minimum atomic E-state index is -0.954. The van der Waals surface area contributed by atoms with Crippen LogP contribution in [0.4, 0.5) is 11.7 Å². The van der Waals surface area contributed by atoms with Gasteiger partial charge >= 0.3 is 6.01 Å². The summed E-state index contributed by atoms with van der Waals surface area (Å²) in [6.07, 6.45) is 2.45. The Labute approximate surface area is 171 Å². The number of hydrogen-bond acceptors (Lipinski definition) is 7. The van der Waals surface area contributed by atoms with E-state index in [4.69, 9.17) is 9.41 Å². The molecule has 0 bridgehead atoms. The van der Waals surface area contributed by atoms with Crippen molar-refractivity contribution >= 4 is 23.3 Å². The fourth-order valence-corrected chi connectivity index (χ4v) is 3.21. The molecule has 1 aliphatic rings. The number of amides is 1. The first-order chi connectivity index (χ1) is 14.7. The molecule has 0 saturated heterocycles. The second kappa shape index (κ2) is 7.28. The number of aryl methyl sites for hydroxylation is 1. The Morgan fingerprint density at radius 2 is 1.87 bits per heavy atom. The Bertz CT molecular complexity index is 1240. The van der Waals surface area contributed by atoms with Crippen molar-refractivity contribution in [3.05, 3.63) is 78.2 Å². The molecule has 1 amide bonds. The highest BCUT2D eigenvalue weighted by Gasteiger charge is 2.27. The number of hydrogen-bond donors (Lipinski definition) is 2. The predicted octanol–water partition coefficient (Wildman–Crippen LogP) is 2.70. The van der Waals surface area contributed by atoms with E-state index in [0.717, 1.165) is 11.1 Å². The second-order valence-electron chi connectivity index (χ2n) is 6.76. The van der Waals surface area contributed by atoms with E-state index in [1.165, 1.54) is 0 Å². The van der Waals surface area contributed by atoms with E-state index in [-0.39, 0.29) is 17.8 Å². The van der Waals surface area contributed by atoms with E-state index in [2.05, 4.69) is 25.8 Å². The van der Waals surface area contributed by atoms with Crippen molar-refractivity contribution in [1.29, 1.82) is 0 Å². The zero-order valence-corrected chi connectivity index (χ0v) is 16.0. The van der Waals surface area contributed by atoms with Crippen LogP contribution in [0, 0.1) is 0 Å². The minimum Gasteiger partial charge on any atom is -0.402 e. The fraction of sp³-hybridized carbons (Fsp3) is 0.0952. The van der Waals surface area contributed by atoms with Gasteiger partial charge in [-0.1, -0.05) is 53.6 Å². The molecule has 1 atom stereocenters. The fourth-order valence-electron chi connectivity index (χ4n) is 3.21. The summed E-state index contributed by atoms with van der Waals surface area (Å²) in [5.41, 5.74) is 3.65. The number of fused-ring (bicyclic) bond motifs is 1. The number of anilines is 2. The third-order valence-corrected chi connectivity index (χ3v) is 4.60. The number of nitrogens with zero attached hydrogens (tertiary/aromatic N) is 5. The number of para-hydroxylation sites is 1. The van der Waals surface area contributed by atoms with Crippen LogP contribution >= 0.6 is 0 Å². The van der Waals surface area contributed by atoms with Gasteiger partial charge in [-0.15, -0.1) is 5.10 Å². The summed E-state index contributed by atoms with van der Waals surface area (Å²) in [5, 5.41) is 13.8. The molecule has 5 rings (SSSR count). The third kappa shape index (κ3) is 3.32. The summed E-state index contributed by atoms with van der Waals surface area (Å²) in [4.78, 5) is 21.7. The van der Waals surface area contributed by atoms with Gasteiger partial charge in [-0.3, -0.25) is 4.79 Å². The van der Waals surface area contributed by atoms with Gasteiger partial charge in [-0.25, -0.2) is 9.98 Å². The van der Waals surface area contributed by atoms with Crippen molar-refractivity contribution in [2.24, 2.45) is 12.0 Å². The van der Waals surface area contributed by atoms with Gasteiger partial charge in [-0.05, 0) is 6.07 Å². The Kier molecular flexibility index (Phi) is 4.32. The first-order valence-electron chi connectivity index (χ1n) is 9.29. The van der Waals surface area contributed by atoms with Gasteiger partial charge < -0.3 is 19.6 Å². The molecule has 148 valence electrons. The number of rotatable bonds is 4. The molecule has 0 radical (unpaired) electrons. The molecule has 2 aromatic heterocycles. The summed E-state index contributed by atoms with van der Waals surface area (Å²) in [7, 11) is 1.85. The highest BCUT2D eigenvalue weighted by Crippen LogP contribution is 2.25. The van der Waals surface area contributed by atoms with E-state index in [1.807, 2.05) is 61.6 Å². The molecule has 0 spiro atoms. The van der Waals surface area contributed by atoms with Crippen LogP contribution in [0.5, 0.6) is 0 Å². The van der Waals surface area contributed by atoms with Gasteiger partial charge in [0.1, 0.15) is 5.69 Å². The Hall–Kier alpha value is -4.27. The van der Waals surface area contributed by atoms with Crippen LogP contribution < -0.4 is 10.6 Å². The van der Waals surface area contributed by atoms with E-state index < -0.39 is 6.17 Å². The van der Waals surface area contributed by atoms with E-state index in [1.54, 1.807) is 17.1 Å². The summed E-state index contributed by atoms with van der Waals surface area (Å²) in [6, 6.07) is 17.3. The number of nitrogens with one attached hydrogen (secondary N) is 2. The quantitative estimate of drug-likeness (QED) is 0.546. The van der Waals surface area contributed by atoms with Crippen LogP contribution in [-0.2, 0) is 11.8 Å². The van der Waals surface area contributed by atoms with Crippen LogP contribution in [0.15, 0.2) is 76.5 Å². The van der Waals surface area contributed by atoms with Crippen LogP contribution in [0.2, 0.25) is 0 Å². The van der Waals surface area contributed by atoms with Crippen LogP contribution in [-0.4, -0.2) is 37.5 Å². The first kappa shape index (κ1) is 17.8. The largest absolute Gasteiger partial charge is 0.402 e. The molecule has 0 fully saturated rings. The second-order valence-corrected chi connectivity index (χ2v) is 6.76. The zero-order chi connectivity index (χ0) is 20.5. The van der Waals surface area contributed by atoms with Gasteiger partial charge in [0.2, 0.25) is 6.17 Å². The highest BCUT2D eigenvalue weighted by molar-refractivity contribution is 6.19. The smallest absolute Gasteiger partial charge is 0.317 e. The number of benzodiazepines with no additional fused rings is 1. The first-order valence-corrected chi connectivity index (χ1v) is 9.29. The predicted molar refractivity (Wildman–Crippen MR) is 111 cm³/mol. The normalized spacial score (nSPS) is 15.7. The van der Waals surface area contributed by atoms with Crippen molar-refractivity contribution < 1.29 is 9.21 Å². The van der Waals surface area contributed by atoms with Crippen molar-refractivity contribution in [3.8, 4) is 11.6 Å². The number of benzene rings is 2. The number of imidazole rings is 1. The van der Waals surface area contributed by atoms with Gasteiger partial charge in [0, 0.05) is 24.4 Å². The summed E-state index contributed by atoms with van der Waals surface area (Å²) >= 11 is 0. The van der Waals surface area contributed by atoms with Gasteiger partial charge in [0.15, 0.2) is 0 Å². The highest BCUT2D eigenvalue weighted by atomic mass is 16.4. The van der Waals surface area contributed by atoms with Gasteiger partial charge in [0.25, 0.3) is 11.8 Å². The van der Waals surface area contributed by atoms with E-state index in [0.29, 0.717) is 17.1 Å². The van der Waals surface area contributed by atoms with Crippen molar-refractivity contribution in [3.63, 3.8) is 0 Å². The average molecular weight is 399 g/mol. The maximum Gasteiger partial charge on any atom is 0.317 e. The molecule has 30 heavy (non-hydrogen) atoms. The molecule has 1 aliphatic heterocycles. The molecule has 0 unspecified atom stereocenters. The van der Waals surface area contributed by atoms with Gasteiger partial charge in [0.05, 0.1) is 17.7 Å². The van der Waals surface area contributed by atoms with Crippen LogP contribution in [0.3, 0.4) is 0 Å². The number of carbonyl (C=O) groups excluding carboxylic acids is 1. The summed E-state index contributed by atoms with van der Waals surface area (Å²) < 4.78 is 7.41. The lowest BCUT2D eigenvalue weighted by Gasteiger charge is -2.11. The van der Waals surface area contributed by atoms with Crippen molar-refractivity contribution in [2.75, 3.05) is 10.6 Å². The lowest BCUT2D eigenvalue weighted by Crippen LogP contribution is -2.32. The van der Waals surface area contributed by atoms with Crippen LogP contribution in [0.25, 0.3) is 11.6 Å². The standard InChI is InChI=1S/C21H17N7O2/c1-28-11-16(22-12-28)20-26-27-21(30-20)25-18-19(29)23-15-10-6-5-9-14(15)17(24-18)13-7-3-2-4-8-13/h2-12,18H,1H3,(H,23,29)(H,25,27)/t18-/m1/s1. The number of aliphatic imine (C=N–C) groups is 1. The van der Waals surface area contributed by atoms with Crippen LogP contribution in [0.1, 0.15) is 11.1 Å². The molecular formula is C21H17N7O2. The average Bonchev–Trinajstić information content (AvgIpc) is 3.38. The third-order valence-electron chi connectivity index (χ3n) is 4.60. The summed E-state index contributed by atoms with van der Waals surface area (Å²) in [5.74, 6) is -0.0753. The Balaban J connectivity index is 1.51.